The number of nitrogen functional groups attached to an aromatic ring is 1. The van der Waals surface area contributed by atoms with Gasteiger partial charge in [-0.05, 0) is 43.3 Å². The lowest BCUT2D eigenvalue weighted by molar-refractivity contribution is -0.765. The lowest BCUT2D eigenvalue weighted by atomic mass is 10.1. The molecule has 2 heterocycles. The van der Waals surface area contributed by atoms with Gasteiger partial charge in [0, 0.05) is 6.07 Å². The van der Waals surface area contributed by atoms with Gasteiger partial charge in [0.05, 0.1) is 29.0 Å². The van der Waals surface area contributed by atoms with Crippen molar-refractivity contribution >= 4 is 29.6 Å². The van der Waals surface area contributed by atoms with Crippen molar-refractivity contribution < 1.29 is 47.4 Å². The first-order chi connectivity index (χ1) is 21.9. The SMILES string of the molecule is CCOC(=O)c1c[n+]([C@H]2O[C@@H](COC(=O)c3ccccc3)[C@@H](OC(=O)c3ccccc3)[C@H]2OC(=O)c2ccccc2)ccc1N. The molecule has 2 N–H and O–H groups in total. The summed E-state index contributed by atoms with van der Waals surface area (Å²) < 4.78 is 30.4. The maximum atomic E-state index is 13.3. The Labute approximate surface area is 259 Å². The van der Waals surface area contributed by atoms with Gasteiger partial charge < -0.3 is 29.4 Å². The highest BCUT2D eigenvalue weighted by Crippen LogP contribution is 2.33. The van der Waals surface area contributed by atoms with Crippen molar-refractivity contribution in [3.05, 3.63) is 132 Å². The number of esters is 4. The zero-order valence-corrected chi connectivity index (χ0v) is 24.3. The average Bonchev–Trinajstić information content (AvgIpc) is 3.41. The number of nitrogens with zero attached hydrogens (tertiary/aromatic N) is 1. The van der Waals surface area contributed by atoms with E-state index < -0.39 is 48.4 Å². The van der Waals surface area contributed by atoms with Crippen LogP contribution in [0.4, 0.5) is 5.69 Å². The van der Waals surface area contributed by atoms with E-state index in [-0.39, 0.29) is 35.6 Å². The summed E-state index contributed by atoms with van der Waals surface area (Å²) in [4.78, 5) is 52.1. The minimum atomic E-state index is -1.26. The Kier molecular flexibility index (Phi) is 9.80. The van der Waals surface area contributed by atoms with Gasteiger partial charge in [0.15, 0.2) is 18.5 Å². The van der Waals surface area contributed by atoms with Crippen LogP contribution >= 0.6 is 0 Å². The molecule has 1 fully saturated rings. The molecule has 0 spiro atoms. The molecular weight excluding hydrogens is 580 g/mol. The first-order valence-corrected chi connectivity index (χ1v) is 14.2. The lowest BCUT2D eigenvalue weighted by Gasteiger charge is -2.23. The third-order valence-electron chi connectivity index (χ3n) is 6.98. The minimum Gasteiger partial charge on any atom is -0.462 e. The molecule has 0 aliphatic carbocycles. The highest BCUT2D eigenvalue weighted by molar-refractivity contribution is 5.94. The molecular formula is C34H31N2O9+. The number of ether oxygens (including phenoxy) is 5. The molecule has 4 atom stereocenters. The summed E-state index contributed by atoms with van der Waals surface area (Å²) in [7, 11) is 0. The molecule has 0 radical (unpaired) electrons. The molecule has 0 unspecified atom stereocenters. The molecule has 0 bridgehead atoms. The molecule has 230 valence electrons. The van der Waals surface area contributed by atoms with Crippen molar-refractivity contribution in [2.75, 3.05) is 18.9 Å². The monoisotopic (exact) mass is 611 g/mol. The summed E-state index contributed by atoms with van der Waals surface area (Å²) in [5.41, 5.74) is 7.07. The molecule has 0 amide bonds. The molecule has 0 saturated carbocycles. The Balaban J connectivity index is 1.52. The van der Waals surface area contributed by atoms with E-state index in [0.29, 0.717) is 5.56 Å². The van der Waals surface area contributed by atoms with Gasteiger partial charge in [-0.1, -0.05) is 54.6 Å². The summed E-state index contributed by atoms with van der Waals surface area (Å²) in [6, 6.07) is 26.3. The molecule has 1 aromatic heterocycles. The zero-order valence-electron chi connectivity index (χ0n) is 24.3. The third-order valence-corrected chi connectivity index (χ3v) is 6.98. The molecule has 1 aliphatic rings. The molecule has 11 heteroatoms. The highest BCUT2D eigenvalue weighted by atomic mass is 16.7. The predicted octanol–water partition coefficient (Wildman–Crippen LogP) is 3.94. The number of carbonyl (C=O) groups is 4. The Morgan fingerprint density at radius 1 is 0.689 bits per heavy atom. The van der Waals surface area contributed by atoms with Crippen LogP contribution < -0.4 is 10.3 Å². The van der Waals surface area contributed by atoms with E-state index in [4.69, 9.17) is 29.4 Å². The second-order valence-corrected chi connectivity index (χ2v) is 9.98. The molecule has 11 nitrogen and oxygen atoms in total. The van der Waals surface area contributed by atoms with Crippen molar-refractivity contribution in [2.45, 2.75) is 31.5 Å². The van der Waals surface area contributed by atoms with E-state index in [1.807, 2.05) is 0 Å². The van der Waals surface area contributed by atoms with Crippen molar-refractivity contribution in [1.82, 2.24) is 0 Å². The van der Waals surface area contributed by atoms with Crippen molar-refractivity contribution in [3.8, 4) is 0 Å². The van der Waals surface area contributed by atoms with E-state index in [1.165, 1.54) is 23.0 Å². The number of carbonyl (C=O) groups excluding carboxylic acids is 4. The van der Waals surface area contributed by atoms with E-state index >= 15 is 0 Å². The standard InChI is InChI=1S/C34H30N2O9/c1-2-41-34(40)25-20-36(19-18-26(25)35)30-29(45-33(39)24-16-10-5-11-17-24)28(44-32(38)23-14-8-4-9-15-23)27(43-30)21-42-31(37)22-12-6-3-7-13-22/h3-20,27-30,35H,2,21H2,1H3/p+1/t27-,28+,29+,30-/m0/s1. The van der Waals surface area contributed by atoms with Crippen LogP contribution in [0.3, 0.4) is 0 Å². The van der Waals surface area contributed by atoms with Gasteiger partial charge in [-0.3, -0.25) is 0 Å². The lowest BCUT2D eigenvalue weighted by Crippen LogP contribution is -2.49. The highest BCUT2D eigenvalue weighted by Gasteiger charge is 2.55. The Morgan fingerprint density at radius 2 is 1.20 bits per heavy atom. The predicted molar refractivity (Wildman–Crippen MR) is 159 cm³/mol. The number of aromatic nitrogens is 1. The quantitative estimate of drug-likeness (QED) is 0.159. The minimum absolute atomic E-state index is 0.0490. The Bertz CT molecular complexity index is 1650. The molecule has 4 aromatic rings. The Morgan fingerprint density at radius 3 is 1.73 bits per heavy atom. The number of rotatable bonds is 10. The average molecular weight is 612 g/mol. The number of pyridine rings is 1. The largest absolute Gasteiger partial charge is 0.462 e. The van der Waals surface area contributed by atoms with Crippen LogP contribution in [0.25, 0.3) is 0 Å². The first kappa shape index (κ1) is 30.9. The maximum absolute atomic E-state index is 13.3. The maximum Gasteiger partial charge on any atom is 0.346 e. The fraction of sp³-hybridized carbons (Fsp3) is 0.206. The van der Waals surface area contributed by atoms with Gasteiger partial charge in [0.25, 0.3) is 0 Å². The van der Waals surface area contributed by atoms with Crippen LogP contribution in [0.1, 0.15) is 54.6 Å². The summed E-state index contributed by atoms with van der Waals surface area (Å²) in [6.45, 7) is 1.44. The van der Waals surface area contributed by atoms with Crippen LogP contribution in [-0.2, 0) is 23.7 Å². The molecule has 5 rings (SSSR count). The van der Waals surface area contributed by atoms with E-state index in [9.17, 15) is 19.2 Å². The van der Waals surface area contributed by atoms with Crippen molar-refractivity contribution in [1.29, 1.82) is 0 Å². The van der Waals surface area contributed by atoms with Crippen molar-refractivity contribution in [3.63, 3.8) is 0 Å². The second kappa shape index (κ2) is 14.3. The van der Waals surface area contributed by atoms with Crippen LogP contribution in [0.15, 0.2) is 109 Å². The van der Waals surface area contributed by atoms with Crippen LogP contribution in [0.2, 0.25) is 0 Å². The topological polar surface area (TPSA) is 144 Å². The van der Waals surface area contributed by atoms with Gasteiger partial charge in [-0.2, -0.15) is 4.57 Å². The van der Waals surface area contributed by atoms with Crippen LogP contribution in [0, 0.1) is 0 Å². The fourth-order valence-corrected chi connectivity index (χ4v) is 4.76. The number of anilines is 1. The molecule has 45 heavy (non-hydrogen) atoms. The third kappa shape index (κ3) is 7.34. The van der Waals surface area contributed by atoms with Crippen LogP contribution in [0.5, 0.6) is 0 Å². The molecule has 3 aromatic carbocycles. The van der Waals surface area contributed by atoms with E-state index in [0.717, 1.165) is 0 Å². The number of hydrogen-bond donors (Lipinski definition) is 1. The summed E-state index contributed by atoms with van der Waals surface area (Å²) in [6.07, 6.45) is -1.79. The van der Waals surface area contributed by atoms with Gasteiger partial charge in [-0.25, -0.2) is 19.2 Å². The summed E-state index contributed by atoms with van der Waals surface area (Å²) in [5, 5.41) is 0. The Hall–Kier alpha value is -5.55. The molecule has 1 aliphatic heterocycles. The van der Waals surface area contributed by atoms with Crippen LogP contribution in [-0.4, -0.2) is 55.4 Å². The number of benzene rings is 3. The zero-order chi connectivity index (χ0) is 31.8. The second-order valence-electron chi connectivity index (χ2n) is 9.98. The first-order valence-electron chi connectivity index (χ1n) is 14.2. The summed E-state index contributed by atoms with van der Waals surface area (Å²) >= 11 is 0. The normalized spacial score (nSPS) is 18.9. The van der Waals surface area contributed by atoms with E-state index in [1.54, 1.807) is 97.9 Å². The molecule has 1 saturated heterocycles. The fourth-order valence-electron chi connectivity index (χ4n) is 4.76. The summed E-state index contributed by atoms with van der Waals surface area (Å²) in [5.74, 6) is -2.71. The van der Waals surface area contributed by atoms with Gasteiger partial charge in [0.1, 0.15) is 18.3 Å². The van der Waals surface area contributed by atoms with Crippen molar-refractivity contribution in [2.24, 2.45) is 0 Å². The van der Waals surface area contributed by atoms with Gasteiger partial charge >= 0.3 is 30.1 Å². The number of hydrogen-bond acceptors (Lipinski definition) is 10. The number of nitrogens with two attached hydrogens (primary N) is 1. The van der Waals surface area contributed by atoms with E-state index in [2.05, 4.69) is 0 Å². The smallest absolute Gasteiger partial charge is 0.346 e. The van der Waals surface area contributed by atoms with Gasteiger partial charge in [0.2, 0.25) is 6.10 Å². The van der Waals surface area contributed by atoms with Gasteiger partial charge in [-0.15, -0.1) is 0 Å².